The fourth-order valence-electron chi connectivity index (χ4n) is 2.61. The number of carbonyl (C=O) groups excluding carboxylic acids is 1. The van der Waals surface area contributed by atoms with Crippen LogP contribution in [0.1, 0.15) is 5.56 Å². The highest BCUT2D eigenvalue weighted by Crippen LogP contribution is 2.31. The number of anilines is 1. The zero-order valence-electron chi connectivity index (χ0n) is 11.8. The maximum Gasteiger partial charge on any atom is 0.414 e. The van der Waals surface area contributed by atoms with Crippen molar-refractivity contribution in [2.75, 3.05) is 11.9 Å². The second-order valence-corrected chi connectivity index (χ2v) is 5.24. The van der Waals surface area contributed by atoms with Gasteiger partial charge in [-0.15, -0.1) is 0 Å². The number of phenolic OH excluding ortho intramolecular Hbond substituents is 1. The third-order valence-electron chi connectivity index (χ3n) is 3.81. The molecule has 0 radical (unpaired) electrons. The molecule has 1 amide bonds. The van der Waals surface area contributed by atoms with Crippen LogP contribution in [0.5, 0.6) is 5.75 Å². The number of nitrogens with one attached hydrogen (secondary N) is 1. The van der Waals surface area contributed by atoms with Crippen LogP contribution in [0.2, 0.25) is 0 Å². The molecule has 4 rings (SSSR count). The Morgan fingerprint density at radius 2 is 2.05 bits per heavy atom. The van der Waals surface area contributed by atoms with E-state index in [9.17, 15) is 9.90 Å². The zero-order valence-corrected chi connectivity index (χ0v) is 11.8. The number of hydrogen-bond acceptors (Lipinski definition) is 4. The van der Waals surface area contributed by atoms with Crippen LogP contribution in [0.25, 0.3) is 22.4 Å². The van der Waals surface area contributed by atoms with Gasteiger partial charge in [0.2, 0.25) is 0 Å². The quantitative estimate of drug-likeness (QED) is 0.723. The predicted molar refractivity (Wildman–Crippen MR) is 81.8 cm³/mol. The molecular weight excluding hydrogens is 282 g/mol. The van der Waals surface area contributed by atoms with E-state index in [4.69, 9.17) is 4.74 Å². The number of benzene rings is 2. The Kier molecular flexibility index (Phi) is 2.59. The molecule has 6 nitrogen and oxygen atoms in total. The van der Waals surface area contributed by atoms with Crippen LogP contribution < -0.4 is 4.90 Å². The Morgan fingerprint density at radius 1 is 1.27 bits per heavy atom. The fraction of sp³-hybridized carbons (Fsp3) is 0.125. The number of ether oxygens (including phenoxy) is 1. The molecule has 0 bridgehead atoms. The van der Waals surface area contributed by atoms with Crippen molar-refractivity contribution >= 4 is 22.8 Å². The van der Waals surface area contributed by atoms with Crippen molar-refractivity contribution in [1.82, 2.24) is 9.97 Å². The molecular formula is C16H13N3O3. The van der Waals surface area contributed by atoms with Crippen LogP contribution in [0, 0.1) is 0 Å². The summed E-state index contributed by atoms with van der Waals surface area (Å²) in [5, 5.41) is 9.36. The van der Waals surface area contributed by atoms with Crippen LogP contribution in [0.4, 0.5) is 10.5 Å². The number of aromatic nitrogens is 2. The number of H-pyrrole nitrogens is 1. The summed E-state index contributed by atoms with van der Waals surface area (Å²) in [5.74, 6) is 0.930. The van der Waals surface area contributed by atoms with Gasteiger partial charge in [-0.05, 0) is 36.4 Å². The van der Waals surface area contributed by atoms with E-state index in [2.05, 4.69) is 9.97 Å². The van der Waals surface area contributed by atoms with Crippen LogP contribution in [0.3, 0.4) is 0 Å². The topological polar surface area (TPSA) is 78.5 Å². The number of cyclic esters (lactones) is 1. The van der Waals surface area contributed by atoms with Gasteiger partial charge in [0.1, 0.15) is 18.2 Å². The van der Waals surface area contributed by atoms with E-state index in [1.807, 2.05) is 12.1 Å². The first kappa shape index (κ1) is 12.7. The molecule has 0 atom stereocenters. The maximum absolute atomic E-state index is 11.6. The first-order valence-electron chi connectivity index (χ1n) is 6.84. The molecule has 0 unspecified atom stereocenters. The van der Waals surface area contributed by atoms with Crippen molar-refractivity contribution in [3.63, 3.8) is 0 Å². The lowest BCUT2D eigenvalue weighted by Gasteiger charge is -2.25. The number of phenols is 1. The summed E-state index contributed by atoms with van der Waals surface area (Å²) >= 11 is 0. The smallest absolute Gasteiger partial charge is 0.414 e. The van der Waals surface area contributed by atoms with Crippen LogP contribution in [0.15, 0.2) is 36.4 Å². The summed E-state index contributed by atoms with van der Waals surface area (Å²) in [6.45, 7) is 0.266. The molecule has 0 spiro atoms. The van der Waals surface area contributed by atoms with Crippen LogP contribution in [-0.2, 0) is 11.3 Å². The zero-order chi connectivity index (χ0) is 15.3. The van der Waals surface area contributed by atoms with Gasteiger partial charge in [0.15, 0.2) is 0 Å². The summed E-state index contributed by atoms with van der Waals surface area (Å²) < 4.78 is 5.10. The number of hydrogen-bond donors (Lipinski definition) is 2. The molecule has 0 saturated heterocycles. The minimum atomic E-state index is -0.360. The number of amides is 1. The van der Waals surface area contributed by atoms with E-state index in [1.54, 1.807) is 31.3 Å². The number of rotatable bonds is 1. The van der Waals surface area contributed by atoms with Gasteiger partial charge in [-0.2, -0.15) is 0 Å². The van der Waals surface area contributed by atoms with Gasteiger partial charge in [0.05, 0.1) is 16.7 Å². The van der Waals surface area contributed by atoms with E-state index in [0.29, 0.717) is 5.82 Å². The Hall–Kier alpha value is -3.02. The fourth-order valence-corrected chi connectivity index (χ4v) is 2.61. The molecule has 3 aromatic rings. The Labute approximate surface area is 126 Å². The van der Waals surface area contributed by atoms with Gasteiger partial charge < -0.3 is 14.8 Å². The van der Waals surface area contributed by atoms with Crippen LogP contribution >= 0.6 is 0 Å². The second kappa shape index (κ2) is 4.49. The Balaban J connectivity index is 1.84. The van der Waals surface area contributed by atoms with Crippen molar-refractivity contribution in [1.29, 1.82) is 0 Å². The highest BCUT2D eigenvalue weighted by atomic mass is 16.6. The molecule has 1 aliphatic rings. The first-order valence-corrected chi connectivity index (χ1v) is 6.84. The van der Waals surface area contributed by atoms with Gasteiger partial charge in [-0.3, -0.25) is 4.90 Å². The summed E-state index contributed by atoms with van der Waals surface area (Å²) in [6.07, 6.45) is -0.360. The van der Waals surface area contributed by atoms with E-state index in [-0.39, 0.29) is 18.4 Å². The number of aromatic amines is 1. The number of imidazole rings is 1. The number of aromatic hydroxyl groups is 1. The lowest BCUT2D eigenvalue weighted by Crippen LogP contribution is -2.31. The normalized spacial score (nSPS) is 14.0. The van der Waals surface area contributed by atoms with Crippen molar-refractivity contribution in [3.05, 3.63) is 42.0 Å². The van der Waals surface area contributed by atoms with Crippen molar-refractivity contribution in [2.45, 2.75) is 6.61 Å². The summed E-state index contributed by atoms with van der Waals surface area (Å²) in [4.78, 5) is 20.9. The Morgan fingerprint density at radius 3 is 2.82 bits per heavy atom. The summed E-state index contributed by atoms with van der Waals surface area (Å²) in [7, 11) is 1.68. The SMILES string of the molecule is CN1C(=O)OCc2cc3[nH]c(-c4ccc(O)cc4)nc3cc21. The summed E-state index contributed by atoms with van der Waals surface area (Å²) in [5.41, 5.74) is 4.30. The minimum absolute atomic E-state index is 0.215. The van der Waals surface area contributed by atoms with Crippen molar-refractivity contribution in [3.8, 4) is 17.1 Å². The van der Waals surface area contributed by atoms with Gasteiger partial charge in [0.25, 0.3) is 0 Å². The van der Waals surface area contributed by atoms with E-state index >= 15 is 0 Å². The molecule has 0 fully saturated rings. The van der Waals surface area contributed by atoms with E-state index < -0.39 is 0 Å². The summed E-state index contributed by atoms with van der Waals surface area (Å²) in [6, 6.07) is 10.7. The molecule has 2 heterocycles. The minimum Gasteiger partial charge on any atom is -0.508 e. The molecule has 110 valence electrons. The van der Waals surface area contributed by atoms with Gasteiger partial charge in [-0.1, -0.05) is 0 Å². The van der Waals surface area contributed by atoms with Crippen molar-refractivity contribution < 1.29 is 14.6 Å². The average Bonchev–Trinajstić information content (AvgIpc) is 2.93. The predicted octanol–water partition coefficient (Wildman–Crippen LogP) is 3.02. The van der Waals surface area contributed by atoms with Crippen molar-refractivity contribution in [2.24, 2.45) is 0 Å². The maximum atomic E-state index is 11.6. The second-order valence-electron chi connectivity index (χ2n) is 5.24. The molecule has 2 N–H and O–H groups in total. The molecule has 1 aromatic heterocycles. The van der Waals surface area contributed by atoms with Gasteiger partial charge in [-0.25, -0.2) is 9.78 Å². The highest BCUT2D eigenvalue weighted by molar-refractivity contribution is 5.94. The lowest BCUT2D eigenvalue weighted by molar-refractivity contribution is 0.143. The molecule has 2 aromatic carbocycles. The third kappa shape index (κ3) is 1.88. The largest absolute Gasteiger partial charge is 0.508 e. The number of nitrogens with zero attached hydrogens (tertiary/aromatic N) is 2. The van der Waals surface area contributed by atoms with Gasteiger partial charge >= 0.3 is 6.09 Å². The number of carbonyl (C=O) groups is 1. The molecule has 1 aliphatic heterocycles. The third-order valence-corrected chi connectivity index (χ3v) is 3.81. The molecule has 0 aliphatic carbocycles. The highest BCUT2D eigenvalue weighted by Gasteiger charge is 2.23. The lowest BCUT2D eigenvalue weighted by atomic mass is 10.1. The van der Waals surface area contributed by atoms with Crippen LogP contribution in [-0.4, -0.2) is 28.2 Å². The number of fused-ring (bicyclic) bond motifs is 2. The molecule has 22 heavy (non-hydrogen) atoms. The monoisotopic (exact) mass is 295 g/mol. The first-order chi connectivity index (χ1) is 10.6. The van der Waals surface area contributed by atoms with Gasteiger partial charge in [0, 0.05) is 18.2 Å². The standard InChI is InChI=1S/C16H13N3O3/c1-19-14-7-13-12(6-10(14)8-22-16(19)21)17-15(18-13)9-2-4-11(20)5-3-9/h2-7,20H,8H2,1H3,(H,17,18). The average molecular weight is 295 g/mol. The molecule has 0 saturated carbocycles. The molecule has 6 heteroatoms. The Bertz CT molecular complexity index is 884. The van der Waals surface area contributed by atoms with E-state index in [0.717, 1.165) is 27.8 Å². The van der Waals surface area contributed by atoms with E-state index in [1.165, 1.54) is 4.90 Å².